The van der Waals surface area contributed by atoms with Gasteiger partial charge in [0.15, 0.2) is 5.11 Å². The molecule has 0 saturated carbocycles. The Labute approximate surface area is 185 Å². The first kappa shape index (κ1) is 22.7. The van der Waals surface area contributed by atoms with Crippen molar-refractivity contribution < 1.29 is 9.53 Å². The minimum Gasteiger partial charge on any atom is -0.493 e. The SMILES string of the molecule is CCCCCCOc1ccc(Br)cc1C(=O)NC(=S)Nc1cccc(Cl)c1C. The summed E-state index contributed by atoms with van der Waals surface area (Å²) in [5, 5.41) is 6.55. The highest BCUT2D eigenvalue weighted by atomic mass is 79.9. The van der Waals surface area contributed by atoms with E-state index >= 15 is 0 Å². The fourth-order valence-electron chi connectivity index (χ4n) is 2.58. The van der Waals surface area contributed by atoms with Gasteiger partial charge in [-0.05, 0) is 61.5 Å². The molecule has 1 amide bonds. The van der Waals surface area contributed by atoms with Crippen molar-refractivity contribution in [2.45, 2.75) is 39.5 Å². The number of carbonyl (C=O) groups excluding carboxylic acids is 1. The summed E-state index contributed by atoms with van der Waals surface area (Å²) in [6.07, 6.45) is 4.42. The number of unbranched alkanes of at least 4 members (excludes halogenated alkanes) is 3. The van der Waals surface area contributed by atoms with Gasteiger partial charge in [0.05, 0.1) is 12.2 Å². The maximum atomic E-state index is 12.7. The Balaban J connectivity index is 2.03. The maximum Gasteiger partial charge on any atom is 0.261 e. The number of carbonyl (C=O) groups is 1. The molecular formula is C21H24BrClN2O2S. The molecule has 0 bridgehead atoms. The van der Waals surface area contributed by atoms with Gasteiger partial charge in [0, 0.05) is 15.2 Å². The Hall–Kier alpha value is -1.63. The molecule has 28 heavy (non-hydrogen) atoms. The van der Waals surface area contributed by atoms with Crippen LogP contribution in [0.4, 0.5) is 5.69 Å². The van der Waals surface area contributed by atoms with Gasteiger partial charge in [0.2, 0.25) is 0 Å². The van der Waals surface area contributed by atoms with Gasteiger partial charge in [0.25, 0.3) is 5.91 Å². The van der Waals surface area contributed by atoms with Crippen LogP contribution in [0.25, 0.3) is 0 Å². The first-order valence-electron chi connectivity index (χ1n) is 9.22. The minimum absolute atomic E-state index is 0.198. The molecule has 0 spiro atoms. The molecule has 0 unspecified atom stereocenters. The van der Waals surface area contributed by atoms with E-state index in [2.05, 4.69) is 33.5 Å². The lowest BCUT2D eigenvalue weighted by Gasteiger charge is -2.15. The van der Waals surface area contributed by atoms with E-state index in [0.29, 0.717) is 22.9 Å². The number of ether oxygens (including phenoxy) is 1. The topological polar surface area (TPSA) is 50.4 Å². The molecular weight excluding hydrogens is 460 g/mol. The first-order valence-corrected chi connectivity index (χ1v) is 10.8. The van der Waals surface area contributed by atoms with E-state index in [1.165, 1.54) is 12.8 Å². The average Bonchev–Trinajstić information content (AvgIpc) is 2.66. The molecule has 0 saturated heterocycles. The first-order chi connectivity index (χ1) is 13.4. The smallest absolute Gasteiger partial charge is 0.261 e. The zero-order valence-electron chi connectivity index (χ0n) is 16.0. The number of benzene rings is 2. The van der Waals surface area contributed by atoms with Crippen LogP contribution in [0.3, 0.4) is 0 Å². The van der Waals surface area contributed by atoms with Crippen molar-refractivity contribution in [3.63, 3.8) is 0 Å². The van der Waals surface area contributed by atoms with Gasteiger partial charge in [-0.25, -0.2) is 0 Å². The second-order valence-electron chi connectivity index (χ2n) is 6.37. The summed E-state index contributed by atoms with van der Waals surface area (Å²) in [6, 6.07) is 10.8. The third-order valence-corrected chi connectivity index (χ3v) is 5.29. The third-order valence-electron chi connectivity index (χ3n) is 4.18. The van der Waals surface area contributed by atoms with E-state index in [0.717, 1.165) is 28.6 Å². The van der Waals surface area contributed by atoms with Gasteiger partial charge < -0.3 is 10.1 Å². The number of amides is 1. The standard InChI is InChI=1S/C21H24BrClN2O2S/c1-3-4-5-6-12-27-19-11-10-15(22)13-16(19)20(26)25-21(28)24-18-9-7-8-17(23)14(18)2/h7-11,13H,3-6,12H2,1-2H3,(H2,24,25,26,28). The molecule has 2 rings (SSSR count). The summed E-state index contributed by atoms with van der Waals surface area (Å²) in [4.78, 5) is 12.7. The lowest BCUT2D eigenvalue weighted by molar-refractivity contribution is 0.0973. The minimum atomic E-state index is -0.331. The Morgan fingerprint density at radius 2 is 2.00 bits per heavy atom. The Morgan fingerprint density at radius 3 is 2.75 bits per heavy atom. The van der Waals surface area contributed by atoms with Crippen LogP contribution < -0.4 is 15.4 Å². The summed E-state index contributed by atoms with van der Waals surface area (Å²) < 4.78 is 6.62. The van der Waals surface area contributed by atoms with Crippen molar-refractivity contribution in [2.24, 2.45) is 0 Å². The van der Waals surface area contributed by atoms with Crippen molar-refractivity contribution >= 4 is 56.5 Å². The van der Waals surface area contributed by atoms with Crippen molar-refractivity contribution in [1.29, 1.82) is 0 Å². The van der Waals surface area contributed by atoms with Gasteiger partial charge in [-0.2, -0.15) is 0 Å². The molecule has 2 N–H and O–H groups in total. The quantitative estimate of drug-likeness (QED) is 0.332. The zero-order chi connectivity index (χ0) is 20.5. The molecule has 7 heteroatoms. The summed E-state index contributed by atoms with van der Waals surface area (Å²) >= 11 is 14.8. The van der Waals surface area contributed by atoms with Crippen molar-refractivity contribution in [3.8, 4) is 5.75 Å². The fraction of sp³-hybridized carbons (Fsp3) is 0.333. The predicted molar refractivity (Wildman–Crippen MR) is 124 cm³/mol. The van der Waals surface area contributed by atoms with Crippen molar-refractivity contribution in [1.82, 2.24) is 5.32 Å². The van der Waals surface area contributed by atoms with Crippen LogP contribution in [0, 0.1) is 6.92 Å². The maximum absolute atomic E-state index is 12.7. The van der Waals surface area contributed by atoms with E-state index < -0.39 is 0 Å². The molecule has 0 radical (unpaired) electrons. The lowest BCUT2D eigenvalue weighted by Crippen LogP contribution is -2.34. The molecule has 0 aliphatic heterocycles. The summed E-state index contributed by atoms with van der Waals surface area (Å²) in [5.74, 6) is 0.209. The van der Waals surface area contributed by atoms with E-state index in [9.17, 15) is 4.79 Å². The molecule has 0 fully saturated rings. The number of anilines is 1. The molecule has 0 aromatic heterocycles. The largest absolute Gasteiger partial charge is 0.493 e. The second-order valence-corrected chi connectivity index (χ2v) is 8.10. The average molecular weight is 484 g/mol. The highest BCUT2D eigenvalue weighted by molar-refractivity contribution is 9.10. The normalized spacial score (nSPS) is 10.4. The van der Waals surface area contributed by atoms with Crippen LogP contribution in [0.2, 0.25) is 5.02 Å². The Morgan fingerprint density at radius 1 is 1.21 bits per heavy atom. The molecule has 0 heterocycles. The monoisotopic (exact) mass is 482 g/mol. The van der Waals surface area contributed by atoms with Crippen LogP contribution in [0.15, 0.2) is 40.9 Å². The molecule has 0 aliphatic carbocycles. The van der Waals surface area contributed by atoms with Gasteiger partial charge in [-0.3, -0.25) is 10.1 Å². The van der Waals surface area contributed by atoms with E-state index in [1.54, 1.807) is 18.2 Å². The van der Waals surface area contributed by atoms with Crippen LogP contribution in [0.1, 0.15) is 48.5 Å². The molecule has 0 atom stereocenters. The molecule has 2 aromatic carbocycles. The van der Waals surface area contributed by atoms with Crippen LogP contribution in [-0.2, 0) is 0 Å². The number of hydrogen-bond donors (Lipinski definition) is 2. The molecule has 150 valence electrons. The van der Waals surface area contributed by atoms with Gasteiger partial charge in [-0.1, -0.05) is 59.8 Å². The predicted octanol–water partition coefficient (Wildman–Crippen LogP) is 6.50. The van der Waals surface area contributed by atoms with Gasteiger partial charge >= 0.3 is 0 Å². The number of rotatable bonds is 8. The molecule has 0 aliphatic rings. The van der Waals surface area contributed by atoms with Gasteiger partial charge in [-0.15, -0.1) is 0 Å². The number of nitrogens with one attached hydrogen (secondary N) is 2. The van der Waals surface area contributed by atoms with Crippen LogP contribution in [-0.4, -0.2) is 17.6 Å². The number of hydrogen-bond acceptors (Lipinski definition) is 3. The highest BCUT2D eigenvalue weighted by Crippen LogP contribution is 2.25. The summed E-state index contributed by atoms with van der Waals surface area (Å²) in [5.41, 5.74) is 2.04. The number of thiocarbonyl (C=S) groups is 1. The van der Waals surface area contributed by atoms with Crippen LogP contribution in [0.5, 0.6) is 5.75 Å². The van der Waals surface area contributed by atoms with Crippen molar-refractivity contribution in [2.75, 3.05) is 11.9 Å². The summed E-state index contributed by atoms with van der Waals surface area (Å²) in [6.45, 7) is 4.63. The Kier molecular flexibility index (Phi) is 9.22. The fourth-order valence-corrected chi connectivity index (χ4v) is 3.32. The van der Waals surface area contributed by atoms with Crippen molar-refractivity contribution in [3.05, 3.63) is 57.0 Å². The summed E-state index contributed by atoms with van der Waals surface area (Å²) in [7, 11) is 0. The lowest BCUT2D eigenvalue weighted by atomic mass is 10.2. The third kappa shape index (κ3) is 6.76. The molecule has 2 aromatic rings. The van der Waals surface area contributed by atoms with Crippen LogP contribution >= 0.6 is 39.7 Å². The van der Waals surface area contributed by atoms with E-state index in [-0.39, 0.29) is 11.0 Å². The van der Waals surface area contributed by atoms with E-state index in [4.69, 9.17) is 28.6 Å². The highest BCUT2D eigenvalue weighted by Gasteiger charge is 2.15. The van der Waals surface area contributed by atoms with E-state index in [1.807, 2.05) is 25.1 Å². The Bertz CT molecular complexity index is 845. The molecule has 4 nitrogen and oxygen atoms in total. The number of halogens is 2. The van der Waals surface area contributed by atoms with Gasteiger partial charge in [0.1, 0.15) is 5.75 Å². The zero-order valence-corrected chi connectivity index (χ0v) is 19.1. The second kappa shape index (κ2) is 11.4.